The van der Waals surface area contributed by atoms with Gasteiger partial charge in [-0.05, 0) is 48.4 Å². The van der Waals surface area contributed by atoms with E-state index in [0.717, 1.165) is 24.8 Å². The van der Waals surface area contributed by atoms with Gasteiger partial charge in [0.15, 0.2) is 0 Å². The van der Waals surface area contributed by atoms with Crippen LogP contribution in [0.4, 0.5) is 0 Å². The van der Waals surface area contributed by atoms with Gasteiger partial charge >= 0.3 is 5.97 Å². The minimum Gasteiger partial charge on any atom is -0.508 e. The molecule has 0 heterocycles. The van der Waals surface area contributed by atoms with Crippen LogP contribution in [-0.2, 0) is 17.6 Å². The van der Waals surface area contributed by atoms with Crippen molar-refractivity contribution in [1.82, 2.24) is 0 Å². The highest BCUT2D eigenvalue weighted by molar-refractivity contribution is 5.70. The van der Waals surface area contributed by atoms with Crippen LogP contribution < -0.4 is 0 Å². The van der Waals surface area contributed by atoms with Crippen molar-refractivity contribution < 1.29 is 15.0 Å². The van der Waals surface area contributed by atoms with Gasteiger partial charge in [0.2, 0.25) is 0 Å². The Morgan fingerprint density at radius 2 is 2.19 bits per heavy atom. The average molecular weight is 220 g/mol. The average Bonchev–Trinajstić information content (AvgIpc) is 2.27. The number of aromatic hydroxyl groups is 1. The van der Waals surface area contributed by atoms with E-state index < -0.39 is 5.97 Å². The van der Waals surface area contributed by atoms with Crippen LogP contribution in [0.25, 0.3) is 0 Å². The van der Waals surface area contributed by atoms with E-state index in [4.69, 9.17) is 5.11 Å². The lowest BCUT2D eigenvalue weighted by Gasteiger charge is -2.27. The number of carboxylic acid groups (broad SMARTS) is 1. The second-order valence-corrected chi connectivity index (χ2v) is 4.58. The third-order valence-corrected chi connectivity index (χ3v) is 3.55. The number of carboxylic acids is 1. The molecule has 0 saturated heterocycles. The maximum atomic E-state index is 10.9. The van der Waals surface area contributed by atoms with Gasteiger partial charge in [-0.3, -0.25) is 4.79 Å². The van der Waals surface area contributed by atoms with E-state index in [9.17, 15) is 9.90 Å². The summed E-state index contributed by atoms with van der Waals surface area (Å²) < 4.78 is 0. The highest BCUT2D eigenvalue weighted by Crippen LogP contribution is 2.32. The van der Waals surface area contributed by atoms with Crippen LogP contribution in [0.15, 0.2) is 18.2 Å². The normalized spacial score (nSPS) is 21.2. The summed E-state index contributed by atoms with van der Waals surface area (Å²) in [6.07, 6.45) is 2.57. The van der Waals surface area contributed by atoms with E-state index in [-0.39, 0.29) is 11.8 Å². The zero-order chi connectivity index (χ0) is 11.7. The summed E-state index contributed by atoms with van der Waals surface area (Å²) in [6, 6.07) is 5.37. The Morgan fingerprint density at radius 1 is 1.44 bits per heavy atom. The Balaban J connectivity index is 2.18. The van der Waals surface area contributed by atoms with Gasteiger partial charge in [0, 0.05) is 0 Å². The molecule has 0 radical (unpaired) electrons. The molecule has 0 spiro atoms. The van der Waals surface area contributed by atoms with E-state index in [1.807, 2.05) is 6.07 Å². The number of benzene rings is 1. The Bertz CT molecular complexity index is 412. The first-order valence-corrected chi connectivity index (χ1v) is 5.61. The topological polar surface area (TPSA) is 57.5 Å². The molecule has 1 aromatic rings. The van der Waals surface area contributed by atoms with Gasteiger partial charge in [0.05, 0.1) is 5.92 Å². The van der Waals surface area contributed by atoms with E-state index >= 15 is 0 Å². The molecule has 2 rings (SSSR count). The maximum absolute atomic E-state index is 10.9. The van der Waals surface area contributed by atoms with Crippen LogP contribution in [0.5, 0.6) is 5.75 Å². The molecule has 2 N–H and O–H groups in total. The number of aryl methyl sites for hydroxylation is 1. The second-order valence-electron chi connectivity index (χ2n) is 4.58. The molecule has 3 nitrogen and oxygen atoms in total. The van der Waals surface area contributed by atoms with E-state index in [1.54, 1.807) is 19.1 Å². The van der Waals surface area contributed by atoms with Crippen molar-refractivity contribution in [2.45, 2.75) is 26.2 Å². The molecule has 0 aliphatic heterocycles. The second kappa shape index (κ2) is 4.16. The Morgan fingerprint density at radius 3 is 2.88 bits per heavy atom. The predicted octanol–water partition coefficient (Wildman–Crippen LogP) is 2.22. The zero-order valence-corrected chi connectivity index (χ0v) is 9.31. The van der Waals surface area contributed by atoms with Gasteiger partial charge in [-0.25, -0.2) is 0 Å². The lowest BCUT2D eigenvalue weighted by molar-refractivity contribution is -0.143. The molecule has 2 atom stereocenters. The smallest absolute Gasteiger partial charge is 0.306 e. The third-order valence-electron chi connectivity index (χ3n) is 3.55. The summed E-state index contributed by atoms with van der Waals surface area (Å²) >= 11 is 0. The van der Waals surface area contributed by atoms with Crippen molar-refractivity contribution in [1.29, 1.82) is 0 Å². The van der Waals surface area contributed by atoms with Crippen molar-refractivity contribution in [2.24, 2.45) is 11.8 Å². The fourth-order valence-corrected chi connectivity index (χ4v) is 2.40. The Kier molecular flexibility index (Phi) is 2.86. The highest BCUT2D eigenvalue weighted by atomic mass is 16.4. The van der Waals surface area contributed by atoms with E-state index in [0.29, 0.717) is 5.75 Å². The molecule has 1 aliphatic rings. The molecular formula is C13H16O3. The SMILES string of the molecule is CC(C(=O)O)C1CCc2cc(O)ccc2C1. The monoisotopic (exact) mass is 220 g/mol. The first kappa shape index (κ1) is 11.0. The van der Waals surface area contributed by atoms with E-state index in [1.165, 1.54) is 5.56 Å². The Hall–Kier alpha value is -1.51. The van der Waals surface area contributed by atoms with Crippen LogP contribution in [0.2, 0.25) is 0 Å². The molecule has 0 fully saturated rings. The molecule has 3 heteroatoms. The number of aliphatic carboxylic acids is 1. The number of rotatable bonds is 2. The summed E-state index contributed by atoms with van der Waals surface area (Å²) in [6.45, 7) is 1.78. The van der Waals surface area contributed by atoms with Gasteiger partial charge in [0.25, 0.3) is 0 Å². The largest absolute Gasteiger partial charge is 0.508 e. The molecule has 1 aromatic carbocycles. The lowest BCUT2D eigenvalue weighted by atomic mass is 9.77. The molecule has 0 bridgehead atoms. The van der Waals surface area contributed by atoms with Gasteiger partial charge in [0.1, 0.15) is 5.75 Å². The van der Waals surface area contributed by atoms with Crippen molar-refractivity contribution in [3.8, 4) is 5.75 Å². The van der Waals surface area contributed by atoms with Crippen LogP contribution >= 0.6 is 0 Å². The predicted molar refractivity (Wildman–Crippen MR) is 60.4 cm³/mol. The molecular weight excluding hydrogens is 204 g/mol. The molecule has 86 valence electrons. The van der Waals surface area contributed by atoms with Crippen molar-refractivity contribution >= 4 is 5.97 Å². The van der Waals surface area contributed by atoms with Crippen molar-refractivity contribution in [3.63, 3.8) is 0 Å². The maximum Gasteiger partial charge on any atom is 0.306 e. The van der Waals surface area contributed by atoms with Gasteiger partial charge in [-0.15, -0.1) is 0 Å². The fraction of sp³-hybridized carbons (Fsp3) is 0.462. The third kappa shape index (κ3) is 2.03. The number of carbonyl (C=O) groups is 1. The lowest BCUT2D eigenvalue weighted by Crippen LogP contribution is -2.26. The molecule has 0 saturated carbocycles. The summed E-state index contributed by atoms with van der Waals surface area (Å²) in [5.74, 6) is -0.493. The number of fused-ring (bicyclic) bond motifs is 1. The van der Waals surface area contributed by atoms with Crippen LogP contribution in [0, 0.1) is 11.8 Å². The molecule has 0 aromatic heterocycles. The number of hydrogen-bond donors (Lipinski definition) is 2. The van der Waals surface area contributed by atoms with Crippen LogP contribution in [-0.4, -0.2) is 16.2 Å². The minimum absolute atomic E-state index is 0.217. The summed E-state index contributed by atoms with van der Waals surface area (Å²) in [7, 11) is 0. The first-order chi connectivity index (χ1) is 7.58. The zero-order valence-electron chi connectivity index (χ0n) is 9.31. The van der Waals surface area contributed by atoms with Gasteiger partial charge < -0.3 is 10.2 Å². The quantitative estimate of drug-likeness (QED) is 0.803. The molecule has 0 amide bonds. The first-order valence-electron chi connectivity index (χ1n) is 5.61. The summed E-state index contributed by atoms with van der Waals surface area (Å²) in [5.41, 5.74) is 2.34. The van der Waals surface area contributed by atoms with Crippen LogP contribution in [0.3, 0.4) is 0 Å². The summed E-state index contributed by atoms with van der Waals surface area (Å²) in [5, 5.41) is 18.3. The standard InChI is InChI=1S/C13H16O3/c1-8(13(15)16)9-2-3-11-7-12(14)5-4-10(11)6-9/h4-5,7-9,14H,2-3,6H2,1H3,(H,15,16). The minimum atomic E-state index is -0.716. The van der Waals surface area contributed by atoms with Crippen molar-refractivity contribution in [3.05, 3.63) is 29.3 Å². The molecule has 16 heavy (non-hydrogen) atoms. The molecule has 2 unspecified atom stereocenters. The number of phenolic OH excluding ortho intramolecular Hbond substituents is 1. The van der Waals surface area contributed by atoms with Crippen LogP contribution in [0.1, 0.15) is 24.5 Å². The Labute approximate surface area is 94.7 Å². The highest BCUT2D eigenvalue weighted by Gasteiger charge is 2.27. The van der Waals surface area contributed by atoms with Gasteiger partial charge in [-0.1, -0.05) is 13.0 Å². The summed E-state index contributed by atoms with van der Waals surface area (Å²) in [4.78, 5) is 10.9. The fourth-order valence-electron chi connectivity index (χ4n) is 2.40. The van der Waals surface area contributed by atoms with Gasteiger partial charge in [-0.2, -0.15) is 0 Å². The van der Waals surface area contributed by atoms with Crippen molar-refractivity contribution in [2.75, 3.05) is 0 Å². The number of phenols is 1. The van der Waals surface area contributed by atoms with E-state index in [2.05, 4.69) is 0 Å². The number of hydrogen-bond acceptors (Lipinski definition) is 2. The molecule has 1 aliphatic carbocycles.